The summed E-state index contributed by atoms with van der Waals surface area (Å²) in [6.07, 6.45) is 1.22. The van der Waals surface area contributed by atoms with Gasteiger partial charge < -0.3 is 14.5 Å². The molecule has 0 aliphatic carbocycles. The monoisotopic (exact) mass is 342 g/mol. The maximum Gasteiger partial charge on any atom is 0.324 e. The Morgan fingerprint density at radius 1 is 1.04 bits per heavy atom. The predicted molar refractivity (Wildman–Crippen MR) is 92.7 cm³/mol. The zero-order valence-electron chi connectivity index (χ0n) is 13.8. The van der Waals surface area contributed by atoms with Crippen molar-refractivity contribution in [1.29, 1.82) is 0 Å². The maximum absolute atomic E-state index is 13.0. The summed E-state index contributed by atoms with van der Waals surface area (Å²) in [5.41, 5.74) is 0.821. The van der Waals surface area contributed by atoms with Crippen molar-refractivity contribution in [3.8, 4) is 5.75 Å². The van der Waals surface area contributed by atoms with Crippen molar-refractivity contribution in [2.24, 2.45) is 0 Å². The molecule has 25 heavy (non-hydrogen) atoms. The molecule has 6 nitrogen and oxygen atoms in total. The zero-order chi connectivity index (χ0) is 17.2. The van der Waals surface area contributed by atoms with Gasteiger partial charge in [0.25, 0.3) is 0 Å². The highest BCUT2D eigenvalue weighted by Crippen LogP contribution is 2.31. The van der Waals surface area contributed by atoms with Gasteiger partial charge in [-0.15, -0.1) is 0 Å². The standard InChI is InChI=1S/C18H19FN4O2/c19-14-5-6-17(20-13-14)21-7-9-22(10-8-21)18(24)23-11-12-25-16-4-2-1-3-15(16)23/h1-6,13H,7-12H2. The van der Waals surface area contributed by atoms with Gasteiger partial charge in [-0.1, -0.05) is 12.1 Å². The van der Waals surface area contributed by atoms with E-state index in [1.165, 1.54) is 12.3 Å². The van der Waals surface area contributed by atoms with Crippen molar-refractivity contribution in [3.05, 3.63) is 48.4 Å². The second-order valence-electron chi connectivity index (χ2n) is 6.06. The number of nitrogens with zero attached hydrogens (tertiary/aromatic N) is 4. The van der Waals surface area contributed by atoms with Crippen LogP contribution in [0.5, 0.6) is 5.75 Å². The third-order valence-electron chi connectivity index (χ3n) is 4.55. The Hall–Kier alpha value is -2.83. The van der Waals surface area contributed by atoms with Gasteiger partial charge >= 0.3 is 6.03 Å². The fourth-order valence-electron chi connectivity index (χ4n) is 3.22. The molecule has 1 aromatic heterocycles. The van der Waals surface area contributed by atoms with Gasteiger partial charge in [0.15, 0.2) is 0 Å². The third kappa shape index (κ3) is 3.09. The molecule has 1 saturated heterocycles. The van der Waals surface area contributed by atoms with E-state index < -0.39 is 0 Å². The molecule has 0 saturated carbocycles. The fourth-order valence-corrected chi connectivity index (χ4v) is 3.22. The second kappa shape index (κ2) is 6.58. The van der Waals surface area contributed by atoms with Gasteiger partial charge in [-0.05, 0) is 24.3 Å². The molecule has 2 amide bonds. The lowest BCUT2D eigenvalue weighted by Crippen LogP contribution is -2.54. The molecule has 0 bridgehead atoms. The summed E-state index contributed by atoms with van der Waals surface area (Å²) in [4.78, 5) is 22.7. The van der Waals surface area contributed by atoms with Gasteiger partial charge in [-0.25, -0.2) is 14.2 Å². The van der Waals surface area contributed by atoms with E-state index in [4.69, 9.17) is 4.74 Å². The molecule has 130 valence electrons. The van der Waals surface area contributed by atoms with Crippen molar-refractivity contribution < 1.29 is 13.9 Å². The van der Waals surface area contributed by atoms with Crippen LogP contribution >= 0.6 is 0 Å². The Bertz CT molecular complexity index is 760. The smallest absolute Gasteiger partial charge is 0.324 e. The van der Waals surface area contributed by atoms with Gasteiger partial charge in [0.05, 0.1) is 18.4 Å². The lowest BCUT2D eigenvalue weighted by molar-refractivity contribution is 0.196. The summed E-state index contributed by atoms with van der Waals surface area (Å²) in [5.74, 6) is 1.14. The van der Waals surface area contributed by atoms with Crippen LogP contribution in [0, 0.1) is 5.82 Å². The summed E-state index contributed by atoms with van der Waals surface area (Å²) in [6.45, 7) is 3.62. The predicted octanol–water partition coefficient (Wildman–Crippen LogP) is 2.36. The van der Waals surface area contributed by atoms with Gasteiger partial charge in [-0.2, -0.15) is 0 Å². The highest BCUT2D eigenvalue weighted by atomic mass is 19.1. The van der Waals surface area contributed by atoms with Crippen LogP contribution in [0.2, 0.25) is 0 Å². The summed E-state index contributed by atoms with van der Waals surface area (Å²) < 4.78 is 18.6. The number of fused-ring (bicyclic) bond motifs is 1. The van der Waals surface area contributed by atoms with Crippen molar-refractivity contribution >= 4 is 17.5 Å². The van der Waals surface area contributed by atoms with Crippen LogP contribution in [0.1, 0.15) is 0 Å². The van der Waals surface area contributed by atoms with E-state index in [2.05, 4.69) is 9.88 Å². The largest absolute Gasteiger partial charge is 0.490 e. The molecule has 0 unspecified atom stereocenters. The molecule has 7 heteroatoms. The van der Waals surface area contributed by atoms with E-state index >= 15 is 0 Å². The minimum Gasteiger partial charge on any atom is -0.490 e. The molecule has 0 N–H and O–H groups in total. The third-order valence-corrected chi connectivity index (χ3v) is 4.55. The fraction of sp³-hybridized carbons (Fsp3) is 0.333. The van der Waals surface area contributed by atoms with Crippen molar-refractivity contribution in [2.45, 2.75) is 0 Å². The SMILES string of the molecule is O=C(N1CCN(c2ccc(F)cn2)CC1)N1CCOc2ccccc21. The number of pyridine rings is 1. The molecular weight excluding hydrogens is 323 g/mol. The first-order valence-corrected chi connectivity index (χ1v) is 8.37. The zero-order valence-corrected chi connectivity index (χ0v) is 13.8. The molecule has 2 aliphatic heterocycles. The molecule has 1 aromatic carbocycles. The Kier molecular flexibility index (Phi) is 4.13. The van der Waals surface area contributed by atoms with Gasteiger partial charge in [0.1, 0.15) is 24.0 Å². The number of anilines is 2. The van der Waals surface area contributed by atoms with Crippen LogP contribution in [-0.2, 0) is 0 Å². The Morgan fingerprint density at radius 2 is 1.84 bits per heavy atom. The molecule has 0 atom stereocenters. The lowest BCUT2D eigenvalue weighted by Gasteiger charge is -2.39. The Morgan fingerprint density at radius 3 is 2.60 bits per heavy atom. The number of hydrogen-bond donors (Lipinski definition) is 0. The van der Waals surface area contributed by atoms with Crippen LogP contribution in [-0.4, -0.2) is 55.2 Å². The van der Waals surface area contributed by atoms with Gasteiger partial charge in [0.2, 0.25) is 0 Å². The summed E-state index contributed by atoms with van der Waals surface area (Å²) in [7, 11) is 0. The molecule has 0 spiro atoms. The first kappa shape index (κ1) is 15.7. The highest BCUT2D eigenvalue weighted by Gasteiger charge is 2.29. The first-order chi connectivity index (χ1) is 12.2. The van der Waals surface area contributed by atoms with Crippen molar-refractivity contribution in [2.75, 3.05) is 49.1 Å². The number of ether oxygens (including phenoxy) is 1. The summed E-state index contributed by atoms with van der Waals surface area (Å²) >= 11 is 0. The summed E-state index contributed by atoms with van der Waals surface area (Å²) in [5, 5.41) is 0. The number of para-hydroxylation sites is 2. The van der Waals surface area contributed by atoms with Gasteiger partial charge in [0, 0.05) is 26.2 Å². The van der Waals surface area contributed by atoms with Crippen LogP contribution in [0.25, 0.3) is 0 Å². The lowest BCUT2D eigenvalue weighted by atomic mass is 10.2. The number of carbonyl (C=O) groups excluding carboxylic acids is 1. The number of halogens is 1. The number of rotatable bonds is 1. The number of aromatic nitrogens is 1. The summed E-state index contributed by atoms with van der Waals surface area (Å²) in [6, 6.07) is 10.7. The molecule has 3 heterocycles. The van der Waals surface area contributed by atoms with E-state index in [1.54, 1.807) is 11.0 Å². The van der Waals surface area contributed by atoms with Gasteiger partial charge in [-0.3, -0.25) is 4.90 Å². The number of benzene rings is 1. The molecule has 2 aliphatic rings. The Labute approximate surface area is 145 Å². The van der Waals surface area contributed by atoms with E-state index in [0.29, 0.717) is 39.3 Å². The average Bonchev–Trinajstić information content (AvgIpc) is 2.68. The van der Waals surface area contributed by atoms with Crippen LogP contribution in [0.3, 0.4) is 0 Å². The first-order valence-electron chi connectivity index (χ1n) is 8.37. The quantitative estimate of drug-likeness (QED) is 0.798. The second-order valence-corrected chi connectivity index (χ2v) is 6.06. The minimum absolute atomic E-state index is 0.00228. The number of urea groups is 1. The molecule has 2 aromatic rings. The molecular formula is C18H19FN4O2. The highest BCUT2D eigenvalue weighted by molar-refractivity contribution is 5.94. The Balaban J connectivity index is 1.43. The molecule has 0 radical (unpaired) electrons. The maximum atomic E-state index is 13.0. The average molecular weight is 342 g/mol. The van der Waals surface area contributed by atoms with E-state index in [1.807, 2.05) is 29.2 Å². The van der Waals surface area contributed by atoms with Crippen molar-refractivity contribution in [1.82, 2.24) is 9.88 Å². The van der Waals surface area contributed by atoms with Crippen molar-refractivity contribution in [3.63, 3.8) is 0 Å². The number of carbonyl (C=O) groups is 1. The number of piperazine rings is 1. The van der Waals surface area contributed by atoms with Crippen LogP contribution in [0.15, 0.2) is 42.6 Å². The number of amides is 2. The molecule has 4 rings (SSSR count). The van der Waals surface area contributed by atoms with E-state index in [0.717, 1.165) is 17.3 Å². The van der Waals surface area contributed by atoms with E-state index in [-0.39, 0.29) is 11.8 Å². The molecule has 1 fully saturated rings. The van der Waals surface area contributed by atoms with E-state index in [9.17, 15) is 9.18 Å². The minimum atomic E-state index is -0.344. The van der Waals surface area contributed by atoms with Crippen LogP contribution < -0.4 is 14.5 Å². The van der Waals surface area contributed by atoms with Crippen LogP contribution in [0.4, 0.5) is 20.7 Å². The normalized spacial score (nSPS) is 17.1. The topological polar surface area (TPSA) is 48.9 Å². The number of hydrogen-bond acceptors (Lipinski definition) is 4.